The first-order valence-corrected chi connectivity index (χ1v) is 12.0. The summed E-state index contributed by atoms with van der Waals surface area (Å²) in [5.41, 5.74) is 2.47. The molecule has 6 rings (SSSR count). The summed E-state index contributed by atoms with van der Waals surface area (Å²) < 4.78 is 29.5. The average molecular weight is 490 g/mol. The van der Waals surface area contributed by atoms with E-state index < -0.39 is 17.0 Å². The predicted octanol–water partition coefficient (Wildman–Crippen LogP) is 3.65. The van der Waals surface area contributed by atoms with Crippen molar-refractivity contribution in [1.82, 2.24) is 15.0 Å². The molecule has 4 heterocycles. The molecule has 2 aromatic carbocycles. The molecule has 0 atom stereocenters. The molecule has 0 saturated carbocycles. The van der Waals surface area contributed by atoms with Crippen LogP contribution in [0.15, 0.2) is 59.7 Å². The molecule has 0 unspecified atom stereocenters. The van der Waals surface area contributed by atoms with Gasteiger partial charge in [0.05, 0.1) is 17.5 Å². The topological polar surface area (TPSA) is 85.4 Å². The highest BCUT2D eigenvalue weighted by atomic mass is 19.1. The highest BCUT2D eigenvalue weighted by Gasteiger charge is 2.47. The van der Waals surface area contributed by atoms with Crippen LogP contribution < -0.4 is 15.4 Å². The number of H-pyrrole nitrogens is 1. The lowest BCUT2D eigenvalue weighted by Gasteiger charge is -2.40. The lowest BCUT2D eigenvalue weighted by molar-refractivity contribution is 0.283. The van der Waals surface area contributed by atoms with Gasteiger partial charge in [0.15, 0.2) is 0 Å². The molecule has 7 nitrogen and oxygen atoms in total. The van der Waals surface area contributed by atoms with Crippen molar-refractivity contribution < 1.29 is 13.9 Å². The Morgan fingerprint density at radius 1 is 1.11 bits per heavy atom. The van der Waals surface area contributed by atoms with Crippen LogP contribution in [-0.4, -0.2) is 39.7 Å². The lowest BCUT2D eigenvalue weighted by atomic mass is 9.74. The van der Waals surface area contributed by atoms with Gasteiger partial charge in [-0.1, -0.05) is 18.2 Å². The summed E-state index contributed by atoms with van der Waals surface area (Å²) in [5.74, 6) is -0.667. The highest BCUT2D eigenvalue weighted by Crippen LogP contribution is 2.49. The zero-order valence-corrected chi connectivity index (χ0v) is 19.5. The number of hydrogen-bond donors (Lipinski definition) is 2. The number of aromatic nitrogens is 3. The Morgan fingerprint density at radius 2 is 1.94 bits per heavy atom. The quantitative estimate of drug-likeness (QED) is 0.455. The van der Waals surface area contributed by atoms with Crippen molar-refractivity contribution in [1.29, 1.82) is 0 Å². The Balaban J connectivity index is 1.31. The SMILES string of the molecule is O=c1[nH]c(N2CCC3(CC2)CN(Cc2cccnc2)c2cc(F)cc(F)c23)nc2c(CO)cccc12. The van der Waals surface area contributed by atoms with E-state index in [1.807, 2.05) is 21.9 Å². The van der Waals surface area contributed by atoms with Crippen molar-refractivity contribution in [3.8, 4) is 0 Å². The van der Waals surface area contributed by atoms with Gasteiger partial charge in [0, 0.05) is 66.9 Å². The van der Waals surface area contributed by atoms with Gasteiger partial charge in [-0.3, -0.25) is 14.8 Å². The number of rotatable bonds is 4. The van der Waals surface area contributed by atoms with Crippen LogP contribution >= 0.6 is 0 Å². The van der Waals surface area contributed by atoms with E-state index in [1.165, 1.54) is 6.07 Å². The number of fused-ring (bicyclic) bond motifs is 3. The Morgan fingerprint density at radius 3 is 2.69 bits per heavy atom. The van der Waals surface area contributed by atoms with E-state index in [0.717, 1.165) is 11.6 Å². The first kappa shape index (κ1) is 22.6. The number of benzene rings is 2. The van der Waals surface area contributed by atoms with Crippen molar-refractivity contribution in [2.45, 2.75) is 31.4 Å². The third-order valence-corrected chi connectivity index (χ3v) is 7.49. The molecule has 0 aliphatic carbocycles. The summed E-state index contributed by atoms with van der Waals surface area (Å²) >= 11 is 0. The molecule has 2 aromatic heterocycles. The second-order valence-corrected chi connectivity index (χ2v) is 9.63. The monoisotopic (exact) mass is 489 g/mol. The fourth-order valence-electron chi connectivity index (χ4n) is 5.76. The van der Waals surface area contributed by atoms with Crippen molar-refractivity contribution in [2.75, 3.05) is 29.4 Å². The number of pyridine rings is 1. The van der Waals surface area contributed by atoms with Crippen LogP contribution in [0.5, 0.6) is 0 Å². The van der Waals surface area contributed by atoms with E-state index in [0.29, 0.717) is 72.7 Å². The van der Waals surface area contributed by atoms with E-state index in [-0.39, 0.29) is 12.2 Å². The number of aromatic amines is 1. The highest BCUT2D eigenvalue weighted by molar-refractivity contribution is 5.81. The fourth-order valence-corrected chi connectivity index (χ4v) is 5.76. The molecule has 0 amide bonds. The van der Waals surface area contributed by atoms with Crippen molar-refractivity contribution >= 4 is 22.5 Å². The third-order valence-electron chi connectivity index (χ3n) is 7.49. The Labute approximate surface area is 206 Å². The molecule has 184 valence electrons. The molecule has 1 fully saturated rings. The largest absolute Gasteiger partial charge is 0.392 e. The van der Waals surface area contributed by atoms with Crippen molar-refractivity contribution in [3.05, 3.63) is 93.5 Å². The molecular weight excluding hydrogens is 464 g/mol. The van der Waals surface area contributed by atoms with Crippen molar-refractivity contribution in [3.63, 3.8) is 0 Å². The van der Waals surface area contributed by atoms with Gasteiger partial charge in [0.25, 0.3) is 5.56 Å². The minimum atomic E-state index is -0.588. The number of hydrogen-bond acceptors (Lipinski definition) is 6. The smallest absolute Gasteiger partial charge is 0.260 e. The summed E-state index contributed by atoms with van der Waals surface area (Å²) in [6.45, 7) is 1.97. The van der Waals surface area contributed by atoms with Gasteiger partial charge in [-0.25, -0.2) is 13.8 Å². The van der Waals surface area contributed by atoms with Crippen molar-refractivity contribution in [2.24, 2.45) is 0 Å². The van der Waals surface area contributed by atoms with Gasteiger partial charge in [-0.2, -0.15) is 0 Å². The normalized spacial score (nSPS) is 16.6. The van der Waals surface area contributed by atoms with Gasteiger partial charge in [0.1, 0.15) is 11.6 Å². The first-order chi connectivity index (χ1) is 17.5. The van der Waals surface area contributed by atoms with Crippen LogP contribution in [0.3, 0.4) is 0 Å². The second kappa shape index (κ2) is 8.67. The summed E-state index contributed by atoms with van der Waals surface area (Å²) in [6.07, 6.45) is 4.71. The maximum Gasteiger partial charge on any atom is 0.260 e. The summed E-state index contributed by atoms with van der Waals surface area (Å²) in [7, 11) is 0. The number of piperidine rings is 1. The standard InChI is InChI=1S/C27H25F2N5O2/c28-19-11-21(29)23-22(12-19)34(14-17-3-2-8-30-13-17)16-27(23)6-9-33(10-7-27)26-31-24-18(15-35)4-1-5-20(24)25(36)32-26/h1-5,8,11-13,35H,6-7,9-10,14-16H2,(H,31,32,36). The summed E-state index contributed by atoms with van der Waals surface area (Å²) in [5, 5.41) is 10.1. The van der Waals surface area contributed by atoms with Gasteiger partial charge in [-0.15, -0.1) is 0 Å². The first-order valence-electron chi connectivity index (χ1n) is 12.0. The zero-order chi connectivity index (χ0) is 24.9. The zero-order valence-electron chi connectivity index (χ0n) is 19.5. The predicted molar refractivity (Wildman–Crippen MR) is 133 cm³/mol. The molecule has 0 radical (unpaired) electrons. The maximum absolute atomic E-state index is 15.2. The Hall–Kier alpha value is -3.85. The van der Waals surface area contributed by atoms with Crippen LogP contribution in [0.1, 0.15) is 29.5 Å². The van der Waals surface area contributed by atoms with E-state index in [1.54, 1.807) is 30.6 Å². The Bertz CT molecular complexity index is 1500. The summed E-state index contributed by atoms with van der Waals surface area (Å²) in [6, 6.07) is 11.4. The molecule has 1 spiro atoms. The maximum atomic E-state index is 15.2. The van der Waals surface area contributed by atoms with E-state index in [4.69, 9.17) is 0 Å². The Kier molecular flexibility index (Phi) is 5.44. The van der Waals surface area contributed by atoms with Gasteiger partial charge in [-0.05, 0) is 36.6 Å². The lowest BCUT2D eigenvalue weighted by Crippen LogP contribution is -2.46. The summed E-state index contributed by atoms with van der Waals surface area (Å²) in [4.78, 5) is 28.4. The van der Waals surface area contributed by atoms with Crippen LogP contribution in [0.2, 0.25) is 0 Å². The minimum Gasteiger partial charge on any atom is -0.392 e. The number of para-hydroxylation sites is 1. The molecule has 36 heavy (non-hydrogen) atoms. The molecule has 0 bridgehead atoms. The molecular formula is C27H25F2N5O2. The van der Waals surface area contributed by atoms with E-state index in [2.05, 4.69) is 15.0 Å². The average Bonchev–Trinajstić information content (AvgIpc) is 3.17. The van der Waals surface area contributed by atoms with Gasteiger partial charge < -0.3 is 14.9 Å². The number of halogens is 2. The van der Waals surface area contributed by atoms with Crippen LogP contribution in [0.25, 0.3) is 10.9 Å². The number of nitrogens with zero attached hydrogens (tertiary/aromatic N) is 4. The number of aliphatic hydroxyl groups excluding tert-OH is 1. The number of anilines is 2. The number of nitrogens with one attached hydrogen (secondary N) is 1. The molecule has 1 saturated heterocycles. The third kappa shape index (κ3) is 3.71. The van der Waals surface area contributed by atoms with Crippen LogP contribution in [-0.2, 0) is 18.6 Å². The van der Waals surface area contributed by atoms with Gasteiger partial charge >= 0.3 is 0 Å². The van der Waals surface area contributed by atoms with E-state index >= 15 is 4.39 Å². The molecule has 2 N–H and O–H groups in total. The molecule has 9 heteroatoms. The molecule has 4 aromatic rings. The number of aliphatic hydroxyl groups is 1. The van der Waals surface area contributed by atoms with Crippen LogP contribution in [0.4, 0.5) is 20.4 Å². The van der Waals surface area contributed by atoms with E-state index in [9.17, 15) is 14.3 Å². The fraction of sp³-hybridized carbons (Fsp3) is 0.296. The van der Waals surface area contributed by atoms with Gasteiger partial charge in [0.2, 0.25) is 5.95 Å². The molecule has 2 aliphatic rings. The minimum absolute atomic E-state index is 0.213. The second-order valence-electron chi connectivity index (χ2n) is 9.63. The van der Waals surface area contributed by atoms with Crippen LogP contribution in [0, 0.1) is 11.6 Å². The molecule has 2 aliphatic heterocycles.